The molecule has 3 heteroatoms. The van der Waals surface area contributed by atoms with Crippen molar-refractivity contribution in [3.8, 4) is 0 Å². The van der Waals surface area contributed by atoms with E-state index in [9.17, 15) is 4.79 Å². The summed E-state index contributed by atoms with van der Waals surface area (Å²) in [6, 6.07) is 0.233. The van der Waals surface area contributed by atoms with Gasteiger partial charge in [0.2, 0.25) is 5.91 Å². The van der Waals surface area contributed by atoms with Crippen LogP contribution >= 0.6 is 0 Å². The molecule has 0 saturated carbocycles. The second-order valence-corrected chi connectivity index (χ2v) is 4.54. The number of nitrogens with one attached hydrogen (secondary N) is 1. The monoisotopic (exact) mass is 200 g/mol. The number of rotatable bonds is 6. The van der Waals surface area contributed by atoms with E-state index < -0.39 is 0 Å². The molecule has 0 aliphatic carbocycles. The summed E-state index contributed by atoms with van der Waals surface area (Å²) in [5, 5.41) is 3.01. The minimum absolute atomic E-state index is 0.143. The Morgan fingerprint density at radius 2 is 2.07 bits per heavy atom. The molecule has 84 valence electrons. The quantitative estimate of drug-likeness (QED) is 0.685. The highest BCUT2D eigenvalue weighted by atomic mass is 16.2. The lowest BCUT2D eigenvalue weighted by Gasteiger charge is -2.24. The fourth-order valence-electron chi connectivity index (χ4n) is 1.08. The molecule has 0 aromatic rings. The highest BCUT2D eigenvalue weighted by molar-refractivity contribution is 5.81. The highest BCUT2D eigenvalue weighted by Gasteiger charge is 2.25. The van der Waals surface area contributed by atoms with Gasteiger partial charge in [0.1, 0.15) is 0 Å². The maximum atomic E-state index is 11.7. The van der Waals surface area contributed by atoms with E-state index in [1.807, 2.05) is 27.7 Å². The standard InChI is InChI=1S/C11H24N2O/c1-5-11(3,4)10(14)13-9(2)7-6-8-12/h9H,5-8,12H2,1-4H3,(H,13,14). The SMILES string of the molecule is CCC(C)(C)C(=O)NC(C)CCCN. The number of nitrogens with two attached hydrogens (primary N) is 1. The summed E-state index contributed by atoms with van der Waals surface area (Å²) in [5.41, 5.74) is 5.15. The molecule has 0 aromatic carbocycles. The van der Waals surface area contributed by atoms with E-state index in [1.165, 1.54) is 0 Å². The van der Waals surface area contributed by atoms with Gasteiger partial charge in [0.05, 0.1) is 0 Å². The number of carbonyl (C=O) groups is 1. The van der Waals surface area contributed by atoms with Gasteiger partial charge < -0.3 is 11.1 Å². The van der Waals surface area contributed by atoms with Crippen LogP contribution in [-0.2, 0) is 4.79 Å². The smallest absolute Gasteiger partial charge is 0.225 e. The predicted molar refractivity (Wildman–Crippen MR) is 60.0 cm³/mol. The van der Waals surface area contributed by atoms with Crippen LogP contribution < -0.4 is 11.1 Å². The molecule has 0 rings (SSSR count). The zero-order chi connectivity index (χ0) is 11.2. The summed E-state index contributed by atoms with van der Waals surface area (Å²) >= 11 is 0. The van der Waals surface area contributed by atoms with Gasteiger partial charge in [0.15, 0.2) is 0 Å². The minimum Gasteiger partial charge on any atom is -0.353 e. The van der Waals surface area contributed by atoms with Crippen LogP contribution in [0, 0.1) is 5.41 Å². The van der Waals surface area contributed by atoms with Crippen molar-refractivity contribution < 1.29 is 4.79 Å². The molecular formula is C11H24N2O. The number of carbonyl (C=O) groups excluding carboxylic acids is 1. The number of amides is 1. The third-order valence-electron chi connectivity index (χ3n) is 2.72. The Morgan fingerprint density at radius 3 is 2.50 bits per heavy atom. The summed E-state index contributed by atoms with van der Waals surface area (Å²) in [4.78, 5) is 11.7. The van der Waals surface area contributed by atoms with Gasteiger partial charge in [0, 0.05) is 11.5 Å². The molecule has 0 radical (unpaired) electrons. The highest BCUT2D eigenvalue weighted by Crippen LogP contribution is 2.19. The van der Waals surface area contributed by atoms with Crippen LogP contribution in [0.2, 0.25) is 0 Å². The van der Waals surface area contributed by atoms with Crippen LogP contribution in [0.4, 0.5) is 0 Å². The molecule has 1 unspecified atom stereocenters. The molecule has 3 N–H and O–H groups in total. The molecule has 0 saturated heterocycles. The van der Waals surface area contributed by atoms with Crippen molar-refractivity contribution >= 4 is 5.91 Å². The molecule has 14 heavy (non-hydrogen) atoms. The second kappa shape index (κ2) is 6.02. The van der Waals surface area contributed by atoms with Crippen molar-refractivity contribution in [3.63, 3.8) is 0 Å². The third-order valence-corrected chi connectivity index (χ3v) is 2.72. The molecule has 0 spiro atoms. The first-order valence-electron chi connectivity index (χ1n) is 5.45. The summed E-state index contributed by atoms with van der Waals surface area (Å²) < 4.78 is 0. The van der Waals surface area contributed by atoms with Crippen molar-refractivity contribution in [3.05, 3.63) is 0 Å². The van der Waals surface area contributed by atoms with Crippen molar-refractivity contribution in [2.45, 2.75) is 53.0 Å². The van der Waals surface area contributed by atoms with Gasteiger partial charge in [-0.1, -0.05) is 20.8 Å². The Bertz CT molecular complexity index is 178. The maximum Gasteiger partial charge on any atom is 0.225 e. The van der Waals surface area contributed by atoms with E-state index in [1.54, 1.807) is 0 Å². The zero-order valence-electron chi connectivity index (χ0n) is 9.89. The summed E-state index contributed by atoms with van der Waals surface area (Å²) in [6.07, 6.45) is 2.79. The largest absolute Gasteiger partial charge is 0.353 e. The molecule has 0 aromatic heterocycles. The Labute approximate surface area is 87.4 Å². The van der Waals surface area contributed by atoms with E-state index in [0.717, 1.165) is 19.3 Å². The van der Waals surface area contributed by atoms with Crippen LogP contribution in [-0.4, -0.2) is 18.5 Å². The van der Waals surface area contributed by atoms with Crippen molar-refractivity contribution in [1.29, 1.82) is 0 Å². The lowest BCUT2D eigenvalue weighted by molar-refractivity contribution is -0.130. The molecule has 0 aliphatic rings. The van der Waals surface area contributed by atoms with Gasteiger partial charge in [-0.3, -0.25) is 4.79 Å². The van der Waals surface area contributed by atoms with Crippen molar-refractivity contribution in [2.75, 3.05) is 6.54 Å². The molecule has 1 amide bonds. The lowest BCUT2D eigenvalue weighted by Crippen LogP contribution is -2.41. The van der Waals surface area contributed by atoms with Gasteiger partial charge >= 0.3 is 0 Å². The normalized spacial score (nSPS) is 13.8. The Balaban J connectivity index is 3.93. The molecular weight excluding hydrogens is 176 g/mol. The average molecular weight is 200 g/mol. The van der Waals surface area contributed by atoms with E-state index in [2.05, 4.69) is 5.32 Å². The topological polar surface area (TPSA) is 55.1 Å². The minimum atomic E-state index is -0.253. The Kier molecular flexibility index (Phi) is 5.77. The number of hydrogen-bond acceptors (Lipinski definition) is 2. The van der Waals surface area contributed by atoms with E-state index in [0.29, 0.717) is 6.54 Å². The first kappa shape index (κ1) is 13.4. The summed E-state index contributed by atoms with van der Waals surface area (Å²) in [6.45, 7) is 8.69. The van der Waals surface area contributed by atoms with E-state index in [-0.39, 0.29) is 17.4 Å². The number of hydrogen-bond donors (Lipinski definition) is 2. The van der Waals surface area contributed by atoms with Gasteiger partial charge in [0.25, 0.3) is 0 Å². The first-order chi connectivity index (χ1) is 6.44. The van der Waals surface area contributed by atoms with Gasteiger partial charge in [-0.05, 0) is 32.7 Å². The second-order valence-electron chi connectivity index (χ2n) is 4.54. The fourth-order valence-corrected chi connectivity index (χ4v) is 1.08. The fraction of sp³-hybridized carbons (Fsp3) is 0.909. The van der Waals surface area contributed by atoms with Crippen molar-refractivity contribution in [1.82, 2.24) is 5.32 Å². The van der Waals surface area contributed by atoms with Crippen LogP contribution in [0.1, 0.15) is 47.0 Å². The van der Waals surface area contributed by atoms with Crippen molar-refractivity contribution in [2.24, 2.45) is 11.1 Å². The molecule has 3 nitrogen and oxygen atoms in total. The van der Waals surface area contributed by atoms with Crippen LogP contribution in [0.5, 0.6) is 0 Å². The van der Waals surface area contributed by atoms with Gasteiger partial charge in [-0.15, -0.1) is 0 Å². The van der Waals surface area contributed by atoms with E-state index >= 15 is 0 Å². The predicted octanol–water partition coefficient (Wildman–Crippen LogP) is 1.67. The van der Waals surface area contributed by atoms with Gasteiger partial charge in [-0.2, -0.15) is 0 Å². The molecule has 0 fully saturated rings. The Morgan fingerprint density at radius 1 is 1.50 bits per heavy atom. The van der Waals surface area contributed by atoms with Crippen LogP contribution in [0.3, 0.4) is 0 Å². The maximum absolute atomic E-state index is 11.7. The van der Waals surface area contributed by atoms with Crippen LogP contribution in [0.25, 0.3) is 0 Å². The molecule has 0 aliphatic heterocycles. The van der Waals surface area contributed by atoms with Crippen LogP contribution in [0.15, 0.2) is 0 Å². The third kappa shape index (κ3) is 4.61. The summed E-state index contributed by atoms with van der Waals surface area (Å²) in [7, 11) is 0. The van der Waals surface area contributed by atoms with E-state index in [4.69, 9.17) is 5.73 Å². The first-order valence-corrected chi connectivity index (χ1v) is 5.45. The molecule has 1 atom stereocenters. The Hall–Kier alpha value is -0.570. The average Bonchev–Trinajstić information content (AvgIpc) is 2.14. The molecule has 0 bridgehead atoms. The summed E-state index contributed by atoms with van der Waals surface area (Å²) in [5.74, 6) is 0.143. The molecule has 0 heterocycles. The lowest BCUT2D eigenvalue weighted by atomic mass is 9.89. The van der Waals surface area contributed by atoms with Gasteiger partial charge in [-0.25, -0.2) is 0 Å². The zero-order valence-corrected chi connectivity index (χ0v) is 9.89.